The third-order valence-electron chi connectivity index (χ3n) is 2.92. The number of hydrogen-bond acceptors (Lipinski definition) is 4. The van der Waals surface area contributed by atoms with Gasteiger partial charge in [0.25, 0.3) is 0 Å². The molecule has 0 fully saturated rings. The molecule has 1 atom stereocenters. The van der Waals surface area contributed by atoms with E-state index in [1.165, 1.54) is 0 Å². The summed E-state index contributed by atoms with van der Waals surface area (Å²) in [7, 11) is 0. The van der Waals surface area contributed by atoms with E-state index in [1.807, 2.05) is 13.0 Å². The lowest BCUT2D eigenvalue weighted by Crippen LogP contribution is -2.17. The molecule has 0 saturated carbocycles. The van der Waals surface area contributed by atoms with E-state index in [2.05, 4.69) is 43.0 Å². The number of hydrogen-bond donors (Lipinski definition) is 1. The molecule has 1 rings (SSSR count). The van der Waals surface area contributed by atoms with E-state index in [0.717, 1.165) is 36.7 Å². The summed E-state index contributed by atoms with van der Waals surface area (Å²) in [6.45, 7) is 12.2. The first-order valence-corrected chi connectivity index (χ1v) is 7.35. The monoisotopic (exact) mass is 265 g/mol. The molecule has 0 saturated heterocycles. The molecular weight excluding hydrogens is 238 g/mol. The molecule has 0 radical (unpaired) electrons. The molecule has 0 aliphatic carbocycles. The Labute approximate surface area is 117 Å². The third-order valence-corrected chi connectivity index (χ3v) is 2.92. The lowest BCUT2D eigenvalue weighted by atomic mass is 10.1. The maximum Gasteiger partial charge on any atom is 0.159 e. The molecule has 4 heteroatoms. The van der Waals surface area contributed by atoms with Crippen molar-refractivity contribution >= 4 is 5.82 Å². The third kappa shape index (κ3) is 4.78. The summed E-state index contributed by atoms with van der Waals surface area (Å²) in [6, 6.07) is 2.03. The van der Waals surface area contributed by atoms with Gasteiger partial charge in [-0.15, -0.1) is 0 Å². The molecule has 0 spiro atoms. The smallest absolute Gasteiger partial charge is 0.159 e. The minimum absolute atomic E-state index is 0.0290. The van der Waals surface area contributed by atoms with Crippen LogP contribution in [0.1, 0.15) is 58.7 Å². The number of nitrogens with one attached hydrogen (secondary N) is 1. The number of ether oxygens (including phenoxy) is 1. The lowest BCUT2D eigenvalue weighted by Gasteiger charge is -2.20. The van der Waals surface area contributed by atoms with Crippen LogP contribution in [-0.2, 0) is 11.2 Å². The highest BCUT2D eigenvalue weighted by Crippen LogP contribution is 2.24. The minimum Gasteiger partial charge on any atom is -0.370 e. The molecule has 19 heavy (non-hydrogen) atoms. The van der Waals surface area contributed by atoms with Gasteiger partial charge in [-0.25, -0.2) is 9.97 Å². The average Bonchev–Trinajstić information content (AvgIpc) is 2.41. The molecule has 1 heterocycles. The zero-order chi connectivity index (χ0) is 14.3. The van der Waals surface area contributed by atoms with Gasteiger partial charge in [0.2, 0.25) is 0 Å². The summed E-state index contributed by atoms with van der Waals surface area (Å²) < 4.78 is 5.80. The van der Waals surface area contributed by atoms with Crippen molar-refractivity contribution in [1.82, 2.24) is 9.97 Å². The molecule has 0 amide bonds. The first-order chi connectivity index (χ1) is 9.12. The molecule has 0 bridgehead atoms. The summed E-state index contributed by atoms with van der Waals surface area (Å²) in [5.41, 5.74) is 1.06. The molecule has 1 unspecified atom stereocenters. The van der Waals surface area contributed by atoms with Gasteiger partial charge in [-0.1, -0.05) is 27.7 Å². The normalized spacial score (nSPS) is 12.7. The summed E-state index contributed by atoms with van der Waals surface area (Å²) in [5.74, 6) is 2.08. The number of aromatic nitrogens is 2. The SMILES string of the molecule is CCCNc1cc(CC)nc(C(OCC)C(C)C)n1. The molecule has 1 aromatic heterocycles. The van der Waals surface area contributed by atoms with Gasteiger partial charge in [-0.2, -0.15) is 0 Å². The highest BCUT2D eigenvalue weighted by atomic mass is 16.5. The Hall–Kier alpha value is -1.16. The quantitative estimate of drug-likeness (QED) is 0.780. The topological polar surface area (TPSA) is 47.0 Å². The van der Waals surface area contributed by atoms with Crippen LogP contribution >= 0.6 is 0 Å². The minimum atomic E-state index is -0.0290. The van der Waals surface area contributed by atoms with E-state index >= 15 is 0 Å². The number of nitrogens with zero attached hydrogens (tertiary/aromatic N) is 2. The maximum atomic E-state index is 5.80. The number of rotatable bonds is 8. The lowest BCUT2D eigenvalue weighted by molar-refractivity contribution is 0.0231. The van der Waals surface area contributed by atoms with Crippen molar-refractivity contribution in [2.24, 2.45) is 5.92 Å². The number of aryl methyl sites for hydroxylation is 1. The van der Waals surface area contributed by atoms with Crippen molar-refractivity contribution in [3.63, 3.8) is 0 Å². The van der Waals surface area contributed by atoms with Gasteiger partial charge >= 0.3 is 0 Å². The zero-order valence-electron chi connectivity index (χ0n) is 12.9. The predicted octanol–water partition coefficient (Wildman–Crippen LogP) is 3.59. The van der Waals surface area contributed by atoms with E-state index in [0.29, 0.717) is 12.5 Å². The van der Waals surface area contributed by atoms with Gasteiger partial charge in [0, 0.05) is 24.9 Å². The van der Waals surface area contributed by atoms with Gasteiger partial charge in [-0.05, 0) is 25.7 Å². The van der Waals surface area contributed by atoms with Crippen LogP contribution in [0, 0.1) is 5.92 Å². The van der Waals surface area contributed by atoms with E-state index in [9.17, 15) is 0 Å². The van der Waals surface area contributed by atoms with Gasteiger partial charge in [0.1, 0.15) is 11.9 Å². The van der Waals surface area contributed by atoms with Gasteiger partial charge in [-0.3, -0.25) is 0 Å². The van der Waals surface area contributed by atoms with Crippen molar-refractivity contribution in [3.05, 3.63) is 17.6 Å². The van der Waals surface area contributed by atoms with Gasteiger partial charge < -0.3 is 10.1 Å². The average molecular weight is 265 g/mol. The number of anilines is 1. The zero-order valence-corrected chi connectivity index (χ0v) is 12.9. The first kappa shape index (κ1) is 15.9. The summed E-state index contributed by atoms with van der Waals surface area (Å²) >= 11 is 0. The Bertz CT molecular complexity index is 380. The Balaban J connectivity index is 3.02. The fourth-order valence-corrected chi connectivity index (χ4v) is 1.91. The summed E-state index contributed by atoms with van der Waals surface area (Å²) in [6.07, 6.45) is 1.96. The van der Waals surface area contributed by atoms with Gasteiger partial charge in [0.05, 0.1) is 0 Å². The highest BCUT2D eigenvalue weighted by molar-refractivity contribution is 5.36. The Morgan fingerprint density at radius 3 is 2.47 bits per heavy atom. The van der Waals surface area contributed by atoms with Crippen LogP contribution in [0.5, 0.6) is 0 Å². The first-order valence-electron chi connectivity index (χ1n) is 7.35. The van der Waals surface area contributed by atoms with E-state index in [4.69, 9.17) is 4.74 Å². The maximum absolute atomic E-state index is 5.80. The van der Waals surface area contributed by atoms with Crippen LogP contribution < -0.4 is 5.32 Å². The van der Waals surface area contributed by atoms with Crippen LogP contribution in [0.3, 0.4) is 0 Å². The molecule has 1 N–H and O–H groups in total. The van der Waals surface area contributed by atoms with Crippen LogP contribution in [0.15, 0.2) is 6.07 Å². The van der Waals surface area contributed by atoms with E-state index in [-0.39, 0.29) is 6.10 Å². The van der Waals surface area contributed by atoms with Crippen LogP contribution in [0.25, 0.3) is 0 Å². The molecule has 0 aromatic carbocycles. The molecule has 4 nitrogen and oxygen atoms in total. The van der Waals surface area contributed by atoms with Crippen molar-refractivity contribution in [2.75, 3.05) is 18.5 Å². The molecular formula is C15H27N3O. The van der Waals surface area contributed by atoms with Crippen molar-refractivity contribution in [3.8, 4) is 0 Å². The van der Waals surface area contributed by atoms with Crippen LogP contribution in [-0.4, -0.2) is 23.1 Å². The molecule has 0 aliphatic heterocycles. The second-order valence-corrected chi connectivity index (χ2v) is 5.00. The van der Waals surface area contributed by atoms with Crippen molar-refractivity contribution < 1.29 is 4.74 Å². The predicted molar refractivity (Wildman–Crippen MR) is 79.4 cm³/mol. The highest BCUT2D eigenvalue weighted by Gasteiger charge is 2.20. The van der Waals surface area contributed by atoms with Crippen molar-refractivity contribution in [1.29, 1.82) is 0 Å². The Morgan fingerprint density at radius 1 is 1.21 bits per heavy atom. The summed E-state index contributed by atoms with van der Waals surface area (Å²) in [4.78, 5) is 9.24. The second kappa shape index (κ2) is 8.10. The largest absolute Gasteiger partial charge is 0.370 e. The Kier molecular flexibility index (Phi) is 6.78. The second-order valence-electron chi connectivity index (χ2n) is 5.00. The van der Waals surface area contributed by atoms with Crippen LogP contribution in [0.4, 0.5) is 5.82 Å². The molecule has 0 aliphatic rings. The van der Waals surface area contributed by atoms with E-state index < -0.39 is 0 Å². The Morgan fingerprint density at radius 2 is 1.95 bits per heavy atom. The fourth-order valence-electron chi connectivity index (χ4n) is 1.91. The molecule has 1 aromatic rings. The van der Waals surface area contributed by atoms with Crippen LogP contribution in [0.2, 0.25) is 0 Å². The summed E-state index contributed by atoms with van der Waals surface area (Å²) in [5, 5.41) is 3.34. The van der Waals surface area contributed by atoms with E-state index in [1.54, 1.807) is 0 Å². The van der Waals surface area contributed by atoms with Crippen molar-refractivity contribution in [2.45, 2.75) is 53.6 Å². The standard InChI is InChI=1S/C15H27N3O/c1-6-9-16-13-10-12(7-2)17-15(18-13)14(11(4)5)19-8-3/h10-11,14H,6-9H2,1-5H3,(H,16,17,18). The molecule has 108 valence electrons. The fraction of sp³-hybridized carbons (Fsp3) is 0.733. The van der Waals surface area contributed by atoms with Gasteiger partial charge in [0.15, 0.2) is 5.82 Å².